The highest BCUT2D eigenvalue weighted by molar-refractivity contribution is 7.11. The Labute approximate surface area is 164 Å². The van der Waals surface area contributed by atoms with E-state index in [2.05, 4.69) is 0 Å². The van der Waals surface area contributed by atoms with Crippen LogP contribution in [-0.2, 0) is 6.61 Å². The van der Waals surface area contributed by atoms with E-state index in [4.69, 9.17) is 21.1 Å². The van der Waals surface area contributed by atoms with Crippen molar-refractivity contribution in [3.05, 3.63) is 86.0 Å². The number of aryl methyl sites for hydroxylation is 1. The smallest absolute Gasteiger partial charge is 0.232 e. The third kappa shape index (κ3) is 3.48. The molecule has 0 atom stereocenters. The Bertz CT molecular complexity index is 1050. The summed E-state index contributed by atoms with van der Waals surface area (Å²) >= 11 is 7.56. The summed E-state index contributed by atoms with van der Waals surface area (Å²) in [7, 11) is 0. The van der Waals surface area contributed by atoms with Crippen molar-refractivity contribution in [1.29, 1.82) is 0 Å². The molecule has 2 heterocycles. The van der Waals surface area contributed by atoms with Gasteiger partial charge in [-0.3, -0.25) is 4.79 Å². The molecule has 27 heavy (non-hydrogen) atoms. The SMILES string of the molecule is Cc1ccsc1/C=C1/Oc2cc(OCc3c(F)cccc3Cl)ccc2C1=O. The van der Waals surface area contributed by atoms with Crippen molar-refractivity contribution in [3.63, 3.8) is 0 Å². The van der Waals surface area contributed by atoms with Crippen LogP contribution < -0.4 is 9.47 Å². The Morgan fingerprint density at radius 1 is 1.26 bits per heavy atom. The predicted molar refractivity (Wildman–Crippen MR) is 104 cm³/mol. The highest BCUT2D eigenvalue weighted by Crippen LogP contribution is 2.36. The fraction of sp³-hybridized carbons (Fsp3) is 0.0952. The van der Waals surface area contributed by atoms with E-state index in [-0.39, 0.29) is 23.7 Å². The molecule has 0 N–H and O–H groups in total. The van der Waals surface area contributed by atoms with E-state index in [0.717, 1.165) is 10.4 Å². The monoisotopic (exact) mass is 400 g/mol. The summed E-state index contributed by atoms with van der Waals surface area (Å²) in [4.78, 5) is 13.5. The minimum absolute atomic E-state index is 0.0185. The fourth-order valence-corrected chi connectivity index (χ4v) is 3.80. The van der Waals surface area contributed by atoms with Crippen molar-refractivity contribution in [2.24, 2.45) is 0 Å². The number of benzene rings is 2. The zero-order chi connectivity index (χ0) is 19.0. The predicted octanol–water partition coefficient (Wildman–Crippen LogP) is 6.04. The number of halogens is 2. The molecule has 0 amide bonds. The topological polar surface area (TPSA) is 35.5 Å². The highest BCUT2D eigenvalue weighted by Gasteiger charge is 2.28. The number of ketones is 1. The van der Waals surface area contributed by atoms with Gasteiger partial charge in [0, 0.05) is 22.6 Å². The fourth-order valence-electron chi connectivity index (χ4n) is 2.73. The summed E-state index contributed by atoms with van der Waals surface area (Å²) in [5.74, 6) is 0.588. The third-order valence-corrected chi connectivity index (χ3v) is 5.57. The van der Waals surface area contributed by atoms with Crippen molar-refractivity contribution in [2.45, 2.75) is 13.5 Å². The van der Waals surface area contributed by atoms with Gasteiger partial charge in [0.05, 0.1) is 10.6 Å². The van der Waals surface area contributed by atoms with Crippen molar-refractivity contribution < 1.29 is 18.7 Å². The molecule has 3 nitrogen and oxygen atoms in total. The number of ether oxygens (including phenoxy) is 2. The average molecular weight is 401 g/mol. The maximum atomic E-state index is 13.8. The molecule has 0 aliphatic carbocycles. The van der Waals surface area contributed by atoms with E-state index >= 15 is 0 Å². The van der Waals surface area contributed by atoms with E-state index in [0.29, 0.717) is 22.1 Å². The summed E-state index contributed by atoms with van der Waals surface area (Å²) < 4.78 is 25.2. The number of rotatable bonds is 4. The largest absolute Gasteiger partial charge is 0.489 e. The molecule has 0 unspecified atom stereocenters. The van der Waals surface area contributed by atoms with E-state index in [1.54, 1.807) is 47.7 Å². The number of carbonyl (C=O) groups is 1. The van der Waals surface area contributed by atoms with Gasteiger partial charge in [-0.05, 0) is 48.2 Å². The Kier molecular flexibility index (Phi) is 4.72. The molecule has 4 rings (SSSR count). The quantitative estimate of drug-likeness (QED) is 0.500. The first kappa shape index (κ1) is 17.8. The normalized spacial score (nSPS) is 14.3. The van der Waals surface area contributed by atoms with Crippen molar-refractivity contribution >= 4 is 34.8 Å². The van der Waals surface area contributed by atoms with Crippen LogP contribution in [0.3, 0.4) is 0 Å². The molecule has 1 aliphatic heterocycles. The van der Waals surface area contributed by atoms with Crippen LogP contribution in [0.2, 0.25) is 5.02 Å². The van der Waals surface area contributed by atoms with Gasteiger partial charge >= 0.3 is 0 Å². The standard InChI is InChI=1S/C21H14ClFO3S/c1-12-7-8-27-20(12)10-19-21(24)14-6-5-13(9-18(14)26-19)25-11-15-16(22)3-2-4-17(15)23/h2-10H,11H2,1H3/b19-10+. The molecule has 1 aliphatic rings. The Morgan fingerprint density at radius 2 is 2.11 bits per heavy atom. The molecule has 0 fully saturated rings. The molecule has 1 aromatic heterocycles. The van der Waals surface area contributed by atoms with Gasteiger partial charge in [0.2, 0.25) is 5.78 Å². The van der Waals surface area contributed by atoms with Crippen LogP contribution in [0, 0.1) is 12.7 Å². The van der Waals surface area contributed by atoms with E-state index in [1.165, 1.54) is 6.07 Å². The molecule has 2 aromatic carbocycles. The van der Waals surface area contributed by atoms with Crippen LogP contribution in [-0.4, -0.2) is 5.78 Å². The number of hydrogen-bond acceptors (Lipinski definition) is 4. The van der Waals surface area contributed by atoms with Crippen LogP contribution in [0.25, 0.3) is 6.08 Å². The second-order valence-electron chi connectivity index (χ2n) is 6.05. The van der Waals surface area contributed by atoms with Crippen LogP contribution in [0.4, 0.5) is 4.39 Å². The lowest BCUT2D eigenvalue weighted by Gasteiger charge is -2.09. The lowest BCUT2D eigenvalue weighted by molar-refractivity contribution is 0.101. The van der Waals surface area contributed by atoms with E-state index in [1.807, 2.05) is 18.4 Å². The summed E-state index contributed by atoms with van der Waals surface area (Å²) in [6.45, 7) is 1.96. The van der Waals surface area contributed by atoms with Gasteiger partial charge < -0.3 is 9.47 Å². The summed E-state index contributed by atoms with van der Waals surface area (Å²) in [6, 6.07) is 11.4. The van der Waals surface area contributed by atoms with Crippen LogP contribution in [0.15, 0.2) is 53.6 Å². The lowest BCUT2D eigenvalue weighted by Crippen LogP contribution is -1.99. The van der Waals surface area contributed by atoms with Crippen LogP contribution in [0.1, 0.15) is 26.4 Å². The minimum atomic E-state index is -0.424. The maximum Gasteiger partial charge on any atom is 0.232 e. The Balaban J connectivity index is 1.54. The first-order chi connectivity index (χ1) is 13.0. The third-order valence-electron chi connectivity index (χ3n) is 4.25. The zero-order valence-corrected chi connectivity index (χ0v) is 15.9. The van der Waals surface area contributed by atoms with Gasteiger partial charge in [0.1, 0.15) is 23.9 Å². The number of allylic oxidation sites excluding steroid dienone is 1. The Hall–Kier alpha value is -2.63. The zero-order valence-electron chi connectivity index (χ0n) is 14.3. The first-order valence-electron chi connectivity index (χ1n) is 8.21. The molecule has 0 saturated carbocycles. The second kappa shape index (κ2) is 7.18. The molecule has 0 saturated heterocycles. The first-order valence-corrected chi connectivity index (χ1v) is 9.47. The highest BCUT2D eigenvalue weighted by atomic mass is 35.5. The summed E-state index contributed by atoms with van der Waals surface area (Å²) in [5, 5.41) is 2.27. The van der Waals surface area contributed by atoms with Gasteiger partial charge in [0.25, 0.3) is 0 Å². The van der Waals surface area contributed by atoms with Crippen LogP contribution >= 0.6 is 22.9 Å². The molecule has 0 bridgehead atoms. The van der Waals surface area contributed by atoms with Gasteiger partial charge in [-0.1, -0.05) is 17.7 Å². The molecular formula is C21H14ClFO3S. The number of fused-ring (bicyclic) bond motifs is 1. The second-order valence-corrected chi connectivity index (χ2v) is 7.41. The molecule has 3 aromatic rings. The summed E-state index contributed by atoms with van der Waals surface area (Å²) in [6.07, 6.45) is 1.75. The van der Waals surface area contributed by atoms with E-state index in [9.17, 15) is 9.18 Å². The number of carbonyl (C=O) groups excluding carboxylic acids is 1. The van der Waals surface area contributed by atoms with Crippen molar-refractivity contribution in [1.82, 2.24) is 0 Å². The Morgan fingerprint density at radius 3 is 2.85 bits per heavy atom. The molecule has 0 radical (unpaired) electrons. The maximum absolute atomic E-state index is 13.8. The number of thiophene rings is 1. The molecule has 136 valence electrons. The minimum Gasteiger partial charge on any atom is -0.489 e. The van der Waals surface area contributed by atoms with Crippen LogP contribution in [0.5, 0.6) is 11.5 Å². The van der Waals surface area contributed by atoms with Gasteiger partial charge in [0.15, 0.2) is 5.76 Å². The number of Topliss-reactive ketones (excluding diaryl/α,β-unsaturated/α-hetero) is 1. The average Bonchev–Trinajstić information content (AvgIpc) is 3.18. The number of hydrogen-bond donors (Lipinski definition) is 0. The van der Waals surface area contributed by atoms with Gasteiger partial charge in [-0.15, -0.1) is 11.3 Å². The van der Waals surface area contributed by atoms with Gasteiger partial charge in [-0.25, -0.2) is 4.39 Å². The summed E-state index contributed by atoms with van der Waals surface area (Å²) in [5.41, 5.74) is 1.85. The molecule has 6 heteroatoms. The molecular weight excluding hydrogens is 387 g/mol. The molecule has 0 spiro atoms. The van der Waals surface area contributed by atoms with E-state index < -0.39 is 5.82 Å². The van der Waals surface area contributed by atoms with Gasteiger partial charge in [-0.2, -0.15) is 0 Å². The lowest BCUT2D eigenvalue weighted by atomic mass is 10.1. The van der Waals surface area contributed by atoms with Crippen molar-refractivity contribution in [3.8, 4) is 11.5 Å². The van der Waals surface area contributed by atoms with Crippen molar-refractivity contribution in [2.75, 3.05) is 0 Å².